The number of carbonyl (C=O) groups is 1. The van der Waals surface area contributed by atoms with Crippen LogP contribution < -0.4 is 10.9 Å². The van der Waals surface area contributed by atoms with E-state index in [-0.39, 0.29) is 30.1 Å². The molecule has 0 saturated carbocycles. The number of Topliss-reactive ketones (excluding diaryl/α,β-unsaturated/α-hetero) is 1. The number of hydrogen-bond acceptors (Lipinski definition) is 8. The average molecular weight is 363 g/mol. The number of hydrogen-bond donors (Lipinski definition) is 4. The third kappa shape index (κ3) is 3.24. The topological polar surface area (TPSA) is 129 Å². The fraction of sp³-hybridized carbons (Fsp3) is 0.444. The molecule has 3 rings (SSSR count). The summed E-state index contributed by atoms with van der Waals surface area (Å²) in [5.74, 6) is -0.227. The molecule has 8 nitrogen and oxygen atoms in total. The summed E-state index contributed by atoms with van der Waals surface area (Å²) in [6, 6.07) is 4.29. The summed E-state index contributed by atoms with van der Waals surface area (Å²) in [7, 11) is 0. The number of aliphatic hydroxyl groups excluding tert-OH is 3. The molecule has 4 atom stereocenters. The van der Waals surface area contributed by atoms with E-state index >= 15 is 0 Å². The first-order valence-electron chi connectivity index (χ1n) is 8.27. The Kier molecular flexibility index (Phi) is 5.10. The molecule has 1 aliphatic heterocycles. The number of anilines is 1. The Balaban J connectivity index is 1.92. The highest BCUT2D eigenvalue weighted by Crippen LogP contribution is 2.25. The van der Waals surface area contributed by atoms with E-state index in [0.717, 1.165) is 0 Å². The molecule has 0 amide bonds. The van der Waals surface area contributed by atoms with Crippen molar-refractivity contribution in [3.8, 4) is 0 Å². The number of aliphatic hydroxyl groups is 3. The fourth-order valence-electron chi connectivity index (χ4n) is 3.22. The van der Waals surface area contributed by atoms with Crippen LogP contribution in [0.5, 0.6) is 0 Å². The molecule has 3 unspecified atom stereocenters. The van der Waals surface area contributed by atoms with Gasteiger partial charge >= 0.3 is 5.63 Å². The van der Waals surface area contributed by atoms with Crippen molar-refractivity contribution in [1.29, 1.82) is 0 Å². The van der Waals surface area contributed by atoms with E-state index in [0.29, 0.717) is 16.6 Å². The van der Waals surface area contributed by atoms with Crippen molar-refractivity contribution >= 4 is 22.4 Å². The maximum atomic E-state index is 12.0. The molecule has 1 aliphatic rings. The Bertz CT molecular complexity index is 891. The number of benzene rings is 1. The molecular formula is C18H21NO7. The normalized spacial score (nSPS) is 26.0. The first-order valence-corrected chi connectivity index (χ1v) is 8.27. The maximum absolute atomic E-state index is 12.0. The van der Waals surface area contributed by atoms with E-state index in [1.165, 1.54) is 6.92 Å². The largest absolute Gasteiger partial charge is 0.422 e. The van der Waals surface area contributed by atoms with Gasteiger partial charge in [-0.25, -0.2) is 4.79 Å². The Labute approximate surface area is 149 Å². The number of nitrogens with one attached hydrogen (secondary N) is 1. The number of ketones is 1. The second-order valence-electron chi connectivity index (χ2n) is 6.44. The van der Waals surface area contributed by atoms with E-state index < -0.39 is 30.0 Å². The van der Waals surface area contributed by atoms with Crippen molar-refractivity contribution in [1.82, 2.24) is 0 Å². The van der Waals surface area contributed by atoms with Gasteiger partial charge in [0.05, 0.1) is 19.3 Å². The Morgan fingerprint density at radius 3 is 2.69 bits per heavy atom. The summed E-state index contributed by atoms with van der Waals surface area (Å²) in [6.45, 7) is 2.63. The molecule has 2 aromatic rings. The van der Waals surface area contributed by atoms with E-state index in [4.69, 9.17) is 14.3 Å². The van der Waals surface area contributed by atoms with Gasteiger partial charge in [-0.3, -0.25) is 4.79 Å². The van der Waals surface area contributed by atoms with Crippen LogP contribution in [0, 0.1) is 6.92 Å². The zero-order valence-corrected chi connectivity index (χ0v) is 14.4. The Morgan fingerprint density at radius 2 is 2.04 bits per heavy atom. The number of carbonyl (C=O) groups excluding carboxylic acids is 1. The summed E-state index contributed by atoms with van der Waals surface area (Å²) >= 11 is 0. The monoisotopic (exact) mass is 363 g/mol. The molecular weight excluding hydrogens is 342 g/mol. The van der Waals surface area contributed by atoms with Crippen molar-refractivity contribution in [2.45, 2.75) is 38.2 Å². The molecule has 8 heteroatoms. The van der Waals surface area contributed by atoms with Crippen molar-refractivity contribution in [3.05, 3.63) is 39.7 Å². The number of rotatable bonds is 4. The van der Waals surface area contributed by atoms with Gasteiger partial charge in [0, 0.05) is 28.3 Å². The summed E-state index contributed by atoms with van der Waals surface area (Å²) in [5, 5.41) is 32.8. The lowest BCUT2D eigenvalue weighted by Crippen LogP contribution is -2.56. The van der Waals surface area contributed by atoms with Crippen LogP contribution >= 0.6 is 0 Å². The molecule has 4 N–H and O–H groups in total. The molecule has 2 heterocycles. The van der Waals surface area contributed by atoms with Crippen molar-refractivity contribution in [2.24, 2.45) is 0 Å². The summed E-state index contributed by atoms with van der Waals surface area (Å²) in [5.41, 5.74) is 0.782. The van der Waals surface area contributed by atoms with Gasteiger partial charge in [0.1, 0.15) is 23.9 Å². The van der Waals surface area contributed by atoms with Crippen molar-refractivity contribution < 1.29 is 29.3 Å². The minimum absolute atomic E-state index is 0.0814. The minimum Gasteiger partial charge on any atom is -0.422 e. The molecule has 0 spiro atoms. The Morgan fingerprint density at radius 1 is 1.31 bits per heavy atom. The molecule has 140 valence electrons. The van der Waals surface area contributed by atoms with Crippen LogP contribution in [0.1, 0.15) is 22.8 Å². The van der Waals surface area contributed by atoms with Crippen LogP contribution in [0.2, 0.25) is 0 Å². The van der Waals surface area contributed by atoms with E-state index in [9.17, 15) is 19.8 Å². The SMILES string of the molecule is CC(=O)c1c(C)c(=O)oc2cc(NC3COC(CO)[C@@H](O)C3O)ccc12. The molecule has 1 aromatic heterocycles. The predicted molar refractivity (Wildman–Crippen MR) is 93.5 cm³/mol. The van der Waals surface area contributed by atoms with Gasteiger partial charge in [-0.1, -0.05) is 0 Å². The number of ether oxygens (including phenoxy) is 1. The Hall–Kier alpha value is -2.26. The fourth-order valence-corrected chi connectivity index (χ4v) is 3.22. The third-order valence-corrected chi connectivity index (χ3v) is 4.65. The van der Waals surface area contributed by atoms with Crippen molar-refractivity contribution in [3.63, 3.8) is 0 Å². The zero-order valence-electron chi connectivity index (χ0n) is 14.4. The first-order chi connectivity index (χ1) is 12.3. The lowest BCUT2D eigenvalue weighted by Gasteiger charge is -2.37. The van der Waals surface area contributed by atoms with Gasteiger partial charge in [0.15, 0.2) is 5.78 Å². The second kappa shape index (κ2) is 7.16. The highest BCUT2D eigenvalue weighted by Gasteiger charge is 2.38. The summed E-state index contributed by atoms with van der Waals surface area (Å²) < 4.78 is 10.6. The lowest BCUT2D eigenvalue weighted by atomic mass is 9.98. The molecule has 26 heavy (non-hydrogen) atoms. The van der Waals surface area contributed by atoms with Gasteiger partial charge in [0.2, 0.25) is 0 Å². The molecule has 1 fully saturated rings. The predicted octanol–water partition coefficient (Wildman–Crippen LogP) is 0.197. The van der Waals surface area contributed by atoms with Crippen LogP contribution in [0.15, 0.2) is 27.4 Å². The quantitative estimate of drug-likeness (QED) is 0.448. The smallest absolute Gasteiger partial charge is 0.339 e. The van der Waals surface area contributed by atoms with Crippen LogP contribution in [0.3, 0.4) is 0 Å². The zero-order chi connectivity index (χ0) is 19.0. The summed E-state index contributed by atoms with van der Waals surface area (Å²) in [4.78, 5) is 23.8. The van der Waals surface area contributed by atoms with E-state index in [2.05, 4.69) is 5.32 Å². The van der Waals surface area contributed by atoms with E-state index in [1.807, 2.05) is 0 Å². The van der Waals surface area contributed by atoms with Gasteiger partial charge in [-0.2, -0.15) is 0 Å². The van der Waals surface area contributed by atoms with Gasteiger partial charge in [-0.15, -0.1) is 0 Å². The van der Waals surface area contributed by atoms with Crippen LogP contribution in [0.25, 0.3) is 11.0 Å². The van der Waals surface area contributed by atoms with Crippen LogP contribution in [0.4, 0.5) is 5.69 Å². The third-order valence-electron chi connectivity index (χ3n) is 4.65. The van der Waals surface area contributed by atoms with Crippen molar-refractivity contribution in [2.75, 3.05) is 18.5 Å². The second-order valence-corrected chi connectivity index (χ2v) is 6.44. The lowest BCUT2D eigenvalue weighted by molar-refractivity contribution is -0.152. The minimum atomic E-state index is -1.23. The van der Waals surface area contributed by atoms with Gasteiger partial charge in [-0.05, 0) is 26.0 Å². The number of fused-ring (bicyclic) bond motifs is 1. The first kappa shape index (κ1) is 18.5. The highest BCUT2D eigenvalue weighted by molar-refractivity contribution is 6.07. The van der Waals surface area contributed by atoms with Gasteiger partial charge < -0.3 is 29.8 Å². The molecule has 0 radical (unpaired) electrons. The standard InChI is InChI=1S/C18H21NO7/c1-8-15(9(2)21)11-4-3-10(5-13(11)26-18(8)24)19-12-7-25-14(6-20)17(23)16(12)22/h3-5,12,14,16-17,19-20,22-23H,6-7H2,1-2H3/t12?,14?,16?,17-/m1/s1. The van der Waals surface area contributed by atoms with Gasteiger partial charge in [0.25, 0.3) is 0 Å². The summed E-state index contributed by atoms with van der Waals surface area (Å²) in [6.07, 6.45) is -3.20. The molecule has 0 bridgehead atoms. The molecule has 1 aromatic carbocycles. The molecule has 0 aliphatic carbocycles. The van der Waals surface area contributed by atoms with Crippen LogP contribution in [-0.2, 0) is 4.74 Å². The van der Waals surface area contributed by atoms with E-state index in [1.54, 1.807) is 25.1 Å². The molecule has 1 saturated heterocycles. The average Bonchev–Trinajstić information content (AvgIpc) is 2.60. The van der Waals surface area contributed by atoms with Crippen LogP contribution in [-0.4, -0.2) is 58.7 Å². The maximum Gasteiger partial charge on any atom is 0.339 e. The highest BCUT2D eigenvalue weighted by atomic mass is 16.5.